The summed E-state index contributed by atoms with van der Waals surface area (Å²) >= 11 is 0. The van der Waals surface area contributed by atoms with Gasteiger partial charge in [0.1, 0.15) is 6.10 Å². The maximum atomic E-state index is 9.27. The van der Waals surface area contributed by atoms with Crippen LogP contribution in [0, 0.1) is 25.7 Å². The van der Waals surface area contributed by atoms with Crippen LogP contribution in [0.3, 0.4) is 0 Å². The van der Waals surface area contributed by atoms with Crippen molar-refractivity contribution in [3.05, 3.63) is 34.9 Å². The molecule has 0 spiro atoms. The molecule has 1 N–H and O–H groups in total. The summed E-state index contributed by atoms with van der Waals surface area (Å²) in [4.78, 5) is 0. The van der Waals surface area contributed by atoms with Gasteiger partial charge in [0.05, 0.1) is 0 Å². The summed E-state index contributed by atoms with van der Waals surface area (Å²) in [7, 11) is 0. The molecular formula is C13H16O. The molecule has 0 aromatic heterocycles. The van der Waals surface area contributed by atoms with Gasteiger partial charge in [-0.3, -0.25) is 0 Å². The Morgan fingerprint density at radius 1 is 1.29 bits per heavy atom. The Kier molecular flexibility index (Phi) is 3.73. The molecule has 0 aliphatic carbocycles. The third kappa shape index (κ3) is 2.90. The minimum Gasteiger partial charge on any atom is -0.380 e. The molecule has 1 unspecified atom stereocenters. The van der Waals surface area contributed by atoms with Crippen molar-refractivity contribution in [1.82, 2.24) is 0 Å². The van der Waals surface area contributed by atoms with E-state index in [0.717, 1.165) is 5.56 Å². The second-order valence-electron chi connectivity index (χ2n) is 3.49. The van der Waals surface area contributed by atoms with E-state index in [0.29, 0.717) is 6.42 Å². The Balaban J connectivity index is 2.86. The summed E-state index contributed by atoms with van der Waals surface area (Å²) in [6, 6.07) is 6.08. The van der Waals surface area contributed by atoms with E-state index in [-0.39, 0.29) is 0 Å². The Labute approximate surface area is 85.8 Å². The third-order valence-electron chi connectivity index (χ3n) is 2.28. The van der Waals surface area contributed by atoms with Crippen molar-refractivity contribution in [3.63, 3.8) is 0 Å². The van der Waals surface area contributed by atoms with E-state index in [1.54, 1.807) is 0 Å². The summed E-state index contributed by atoms with van der Waals surface area (Å²) < 4.78 is 0. The highest BCUT2D eigenvalue weighted by Crippen LogP contribution is 2.08. The summed E-state index contributed by atoms with van der Waals surface area (Å²) in [5.74, 6) is 5.76. The molecule has 1 atom stereocenters. The minimum atomic E-state index is -0.503. The average Bonchev–Trinajstić information content (AvgIpc) is 2.19. The first-order valence-corrected chi connectivity index (χ1v) is 4.90. The average molecular weight is 188 g/mol. The Hall–Kier alpha value is -1.26. The number of rotatable bonds is 1. The second kappa shape index (κ2) is 4.83. The van der Waals surface area contributed by atoms with Crippen LogP contribution in [0.25, 0.3) is 0 Å². The highest BCUT2D eigenvalue weighted by Gasteiger charge is 1.94. The summed E-state index contributed by atoms with van der Waals surface area (Å²) in [5.41, 5.74) is 3.48. The third-order valence-corrected chi connectivity index (χ3v) is 2.28. The van der Waals surface area contributed by atoms with Crippen molar-refractivity contribution in [2.75, 3.05) is 0 Å². The zero-order valence-corrected chi connectivity index (χ0v) is 8.96. The molecule has 1 aromatic carbocycles. The van der Waals surface area contributed by atoms with E-state index in [1.165, 1.54) is 11.1 Å². The molecule has 14 heavy (non-hydrogen) atoms. The van der Waals surface area contributed by atoms with Gasteiger partial charge in [0.25, 0.3) is 0 Å². The van der Waals surface area contributed by atoms with Gasteiger partial charge in [0.2, 0.25) is 0 Å². The lowest BCUT2D eigenvalue weighted by molar-refractivity contribution is 0.228. The highest BCUT2D eigenvalue weighted by atomic mass is 16.3. The van der Waals surface area contributed by atoms with Crippen molar-refractivity contribution in [1.29, 1.82) is 0 Å². The Morgan fingerprint density at radius 3 is 2.57 bits per heavy atom. The molecule has 0 fully saturated rings. The van der Waals surface area contributed by atoms with Gasteiger partial charge < -0.3 is 5.11 Å². The summed E-state index contributed by atoms with van der Waals surface area (Å²) in [6.07, 6.45) is 0.175. The van der Waals surface area contributed by atoms with Gasteiger partial charge >= 0.3 is 0 Å². The van der Waals surface area contributed by atoms with E-state index >= 15 is 0 Å². The number of aliphatic hydroxyl groups is 1. The van der Waals surface area contributed by atoms with Crippen LogP contribution in [0.4, 0.5) is 0 Å². The smallest absolute Gasteiger partial charge is 0.114 e. The molecular weight excluding hydrogens is 172 g/mol. The summed E-state index contributed by atoms with van der Waals surface area (Å²) in [5, 5.41) is 9.27. The monoisotopic (exact) mass is 188 g/mol. The molecule has 0 saturated heterocycles. The fraction of sp³-hybridized carbons (Fsp3) is 0.385. The lowest BCUT2D eigenvalue weighted by atomic mass is 10.1. The molecule has 0 saturated carbocycles. The van der Waals surface area contributed by atoms with E-state index in [1.807, 2.05) is 19.1 Å². The molecule has 1 aromatic rings. The first-order chi connectivity index (χ1) is 6.63. The minimum absolute atomic E-state index is 0.503. The van der Waals surface area contributed by atoms with Crippen molar-refractivity contribution in [2.45, 2.75) is 33.3 Å². The number of hydrogen-bond acceptors (Lipinski definition) is 1. The van der Waals surface area contributed by atoms with Crippen molar-refractivity contribution in [3.8, 4) is 11.8 Å². The van der Waals surface area contributed by atoms with Gasteiger partial charge in [-0.25, -0.2) is 0 Å². The van der Waals surface area contributed by atoms with Crippen LogP contribution < -0.4 is 0 Å². The Morgan fingerprint density at radius 2 is 2.00 bits per heavy atom. The zero-order valence-electron chi connectivity index (χ0n) is 8.96. The molecule has 0 radical (unpaired) electrons. The molecule has 74 valence electrons. The van der Waals surface area contributed by atoms with Crippen molar-refractivity contribution < 1.29 is 5.11 Å². The van der Waals surface area contributed by atoms with Crippen molar-refractivity contribution in [2.24, 2.45) is 0 Å². The van der Waals surface area contributed by atoms with Gasteiger partial charge in [-0.2, -0.15) is 0 Å². The van der Waals surface area contributed by atoms with E-state index in [9.17, 15) is 5.11 Å². The maximum absolute atomic E-state index is 9.27. The lowest BCUT2D eigenvalue weighted by Gasteiger charge is -1.99. The number of hydrogen-bond donors (Lipinski definition) is 1. The normalized spacial score (nSPS) is 11.7. The van der Waals surface area contributed by atoms with Crippen LogP contribution in [0.1, 0.15) is 30.0 Å². The molecule has 0 bridgehead atoms. The number of benzene rings is 1. The lowest BCUT2D eigenvalue weighted by Crippen LogP contribution is -1.98. The van der Waals surface area contributed by atoms with Crippen LogP contribution in [0.2, 0.25) is 0 Å². The van der Waals surface area contributed by atoms with E-state index < -0.39 is 6.10 Å². The van der Waals surface area contributed by atoms with Gasteiger partial charge in [-0.05, 0) is 43.5 Å². The Bertz CT molecular complexity index is 369. The first kappa shape index (κ1) is 10.8. The van der Waals surface area contributed by atoms with Crippen molar-refractivity contribution >= 4 is 0 Å². The molecule has 0 aliphatic heterocycles. The van der Waals surface area contributed by atoms with E-state index in [2.05, 4.69) is 31.8 Å². The van der Waals surface area contributed by atoms with E-state index in [4.69, 9.17) is 0 Å². The van der Waals surface area contributed by atoms with Gasteiger partial charge in [-0.1, -0.05) is 24.8 Å². The van der Waals surface area contributed by atoms with Gasteiger partial charge in [0.15, 0.2) is 0 Å². The molecule has 1 heteroatoms. The number of aryl methyl sites for hydroxylation is 2. The largest absolute Gasteiger partial charge is 0.380 e. The molecule has 1 nitrogen and oxygen atoms in total. The summed E-state index contributed by atoms with van der Waals surface area (Å²) in [6.45, 7) is 6.06. The van der Waals surface area contributed by atoms with Gasteiger partial charge in [0, 0.05) is 5.56 Å². The zero-order chi connectivity index (χ0) is 10.6. The SMILES string of the molecule is CCC(O)C#Cc1ccc(C)c(C)c1. The van der Waals surface area contributed by atoms with Crippen LogP contribution >= 0.6 is 0 Å². The van der Waals surface area contributed by atoms with Crippen LogP contribution in [0.5, 0.6) is 0 Å². The standard InChI is InChI=1S/C13H16O/c1-4-13(14)8-7-12-6-5-10(2)11(3)9-12/h5-6,9,13-14H,4H2,1-3H3. The quantitative estimate of drug-likeness (QED) is 0.671. The fourth-order valence-corrected chi connectivity index (χ4v) is 1.09. The fourth-order valence-electron chi connectivity index (χ4n) is 1.09. The first-order valence-electron chi connectivity index (χ1n) is 4.90. The van der Waals surface area contributed by atoms with Crippen LogP contribution in [-0.2, 0) is 0 Å². The predicted molar refractivity (Wildman–Crippen MR) is 59.1 cm³/mol. The molecule has 0 amide bonds. The van der Waals surface area contributed by atoms with Crippen LogP contribution in [-0.4, -0.2) is 11.2 Å². The molecule has 0 heterocycles. The number of aliphatic hydroxyl groups excluding tert-OH is 1. The maximum Gasteiger partial charge on any atom is 0.114 e. The highest BCUT2D eigenvalue weighted by molar-refractivity contribution is 5.40. The van der Waals surface area contributed by atoms with Gasteiger partial charge in [-0.15, -0.1) is 0 Å². The molecule has 1 rings (SSSR count). The second-order valence-corrected chi connectivity index (χ2v) is 3.49. The molecule has 0 aliphatic rings. The topological polar surface area (TPSA) is 20.2 Å². The van der Waals surface area contributed by atoms with Crippen LogP contribution in [0.15, 0.2) is 18.2 Å². The predicted octanol–water partition coefficient (Wildman–Crippen LogP) is 2.43.